The minimum absolute atomic E-state index is 0.0165. The smallest absolute Gasteiger partial charge is 0.265 e. The number of carbonyl (C=O) groups excluding carboxylic acids is 3. The van der Waals surface area contributed by atoms with Crippen LogP contribution in [0.4, 0.5) is 0 Å². The molecule has 5 fully saturated rings. The number of amides is 3. The molecule has 3 amide bonds. The van der Waals surface area contributed by atoms with E-state index in [4.69, 9.17) is 9.47 Å². The van der Waals surface area contributed by atoms with Crippen LogP contribution in [0.1, 0.15) is 48.0 Å². The number of ether oxygens (including phenoxy) is 2. The van der Waals surface area contributed by atoms with Gasteiger partial charge in [0.2, 0.25) is 11.8 Å². The van der Waals surface area contributed by atoms with Crippen molar-refractivity contribution in [1.82, 2.24) is 35.6 Å². The van der Waals surface area contributed by atoms with Gasteiger partial charge in [-0.2, -0.15) is 5.10 Å². The highest BCUT2D eigenvalue weighted by molar-refractivity contribution is 7.11. The fraction of sp³-hybridized carbons (Fsp3) is 0.679. The van der Waals surface area contributed by atoms with Gasteiger partial charge in [0, 0.05) is 62.5 Å². The van der Waals surface area contributed by atoms with Crippen molar-refractivity contribution >= 4 is 29.1 Å². The summed E-state index contributed by atoms with van der Waals surface area (Å²) >= 11 is 1.30. The standard InChI is InChI=1S/C28H39N7O5S/c1-18(39-15-27-6-3-20(4-7-27)40-16-27)23(25(37)29-2)32-24(36)21-11-35(26(38)22-9-30-17-41-22)14-28(21)12-34(13-28)10-19-5-8-31-33-19/h5,8-9,17-18,20-21,23H,3-4,6-7,10-16H2,1-2H3,(H,29,37)(H,31,33)(H,32,36)/t18-,20?,21+,23+,27?/m1/s1. The summed E-state index contributed by atoms with van der Waals surface area (Å²) in [5.41, 5.74) is 2.22. The Labute approximate surface area is 243 Å². The lowest BCUT2D eigenvalue weighted by Crippen LogP contribution is -2.63. The maximum absolute atomic E-state index is 13.9. The monoisotopic (exact) mass is 585 g/mol. The molecule has 0 aromatic carbocycles. The van der Waals surface area contributed by atoms with Gasteiger partial charge in [-0.25, -0.2) is 0 Å². The summed E-state index contributed by atoms with van der Waals surface area (Å²) in [6, 6.07) is 1.08. The Morgan fingerprint density at radius 2 is 2.07 bits per heavy atom. The van der Waals surface area contributed by atoms with Crippen molar-refractivity contribution in [2.75, 3.05) is 46.4 Å². The first-order valence-corrected chi connectivity index (χ1v) is 15.3. The molecule has 7 rings (SSSR count). The van der Waals surface area contributed by atoms with Gasteiger partial charge in [0.05, 0.1) is 43.0 Å². The number of aromatic nitrogens is 3. The number of thiazole rings is 1. The van der Waals surface area contributed by atoms with Gasteiger partial charge < -0.3 is 25.0 Å². The van der Waals surface area contributed by atoms with Crippen LogP contribution >= 0.6 is 11.3 Å². The number of H-pyrrole nitrogens is 1. The Bertz CT molecular complexity index is 1210. The van der Waals surface area contributed by atoms with E-state index < -0.39 is 23.5 Å². The maximum atomic E-state index is 13.9. The Morgan fingerprint density at radius 1 is 1.27 bits per heavy atom. The average Bonchev–Trinajstić information content (AvgIpc) is 3.76. The van der Waals surface area contributed by atoms with Gasteiger partial charge >= 0.3 is 0 Å². The number of likely N-dealkylation sites (tertiary alicyclic amines) is 2. The van der Waals surface area contributed by atoms with Crippen LogP contribution in [-0.4, -0.2) is 107 Å². The first-order valence-electron chi connectivity index (χ1n) is 14.4. The van der Waals surface area contributed by atoms with Crippen molar-refractivity contribution in [3.05, 3.63) is 34.5 Å². The van der Waals surface area contributed by atoms with Crippen LogP contribution in [0.25, 0.3) is 0 Å². The molecule has 1 saturated carbocycles. The zero-order valence-electron chi connectivity index (χ0n) is 23.6. The van der Waals surface area contributed by atoms with Crippen molar-refractivity contribution in [1.29, 1.82) is 0 Å². The molecule has 2 bridgehead atoms. The van der Waals surface area contributed by atoms with E-state index in [-0.39, 0.29) is 29.7 Å². The van der Waals surface area contributed by atoms with E-state index in [1.54, 1.807) is 29.9 Å². The van der Waals surface area contributed by atoms with E-state index in [0.29, 0.717) is 50.4 Å². The fourth-order valence-electron chi connectivity index (χ4n) is 7.06. The van der Waals surface area contributed by atoms with Gasteiger partial charge in [0.25, 0.3) is 5.91 Å². The molecule has 2 aromatic heterocycles. The molecule has 2 aromatic rings. The molecule has 0 radical (unpaired) electrons. The van der Waals surface area contributed by atoms with Crippen LogP contribution in [0.2, 0.25) is 0 Å². The van der Waals surface area contributed by atoms with E-state index in [1.807, 2.05) is 13.0 Å². The fourth-order valence-corrected chi connectivity index (χ4v) is 7.64. The summed E-state index contributed by atoms with van der Waals surface area (Å²) in [5, 5.41) is 12.7. The zero-order chi connectivity index (χ0) is 28.6. The van der Waals surface area contributed by atoms with Crippen LogP contribution < -0.4 is 10.6 Å². The highest BCUT2D eigenvalue weighted by Crippen LogP contribution is 2.46. The van der Waals surface area contributed by atoms with Crippen molar-refractivity contribution in [2.45, 2.75) is 57.4 Å². The van der Waals surface area contributed by atoms with Gasteiger partial charge in [-0.15, -0.1) is 11.3 Å². The number of carbonyl (C=O) groups is 3. The summed E-state index contributed by atoms with van der Waals surface area (Å²) in [6.07, 6.45) is 7.35. The molecular formula is C28H39N7O5S. The molecule has 0 unspecified atom stereocenters. The molecule has 4 saturated heterocycles. The van der Waals surface area contributed by atoms with E-state index in [9.17, 15) is 14.4 Å². The number of hydrogen-bond donors (Lipinski definition) is 3. The summed E-state index contributed by atoms with van der Waals surface area (Å²) < 4.78 is 12.2. The highest BCUT2D eigenvalue weighted by Gasteiger charge is 2.58. The van der Waals surface area contributed by atoms with E-state index >= 15 is 0 Å². The Hall–Kier alpha value is -2.87. The number of nitrogens with one attached hydrogen (secondary N) is 3. The van der Waals surface area contributed by atoms with Crippen LogP contribution in [-0.2, 0) is 25.6 Å². The Balaban J connectivity index is 1.15. The normalized spacial score (nSPS) is 28.3. The predicted octanol–water partition coefficient (Wildman–Crippen LogP) is 1.04. The largest absolute Gasteiger partial charge is 0.378 e. The van der Waals surface area contributed by atoms with Gasteiger partial charge in [0.1, 0.15) is 10.9 Å². The molecule has 3 N–H and O–H groups in total. The molecule has 4 aliphatic heterocycles. The molecule has 6 heterocycles. The second-order valence-electron chi connectivity index (χ2n) is 12.3. The van der Waals surface area contributed by atoms with Crippen LogP contribution in [0, 0.1) is 16.7 Å². The summed E-state index contributed by atoms with van der Waals surface area (Å²) in [6.45, 7) is 5.80. The van der Waals surface area contributed by atoms with Gasteiger partial charge in [-0.05, 0) is 38.7 Å². The molecule has 3 atom stereocenters. The van der Waals surface area contributed by atoms with E-state index in [1.165, 1.54) is 11.3 Å². The second kappa shape index (κ2) is 11.4. The van der Waals surface area contributed by atoms with Gasteiger partial charge in [0.15, 0.2) is 0 Å². The van der Waals surface area contributed by atoms with Crippen LogP contribution in [0.5, 0.6) is 0 Å². The second-order valence-corrected chi connectivity index (χ2v) is 13.2. The predicted molar refractivity (Wildman–Crippen MR) is 150 cm³/mol. The lowest BCUT2D eigenvalue weighted by Gasteiger charge is -2.50. The van der Waals surface area contributed by atoms with Crippen LogP contribution in [0.15, 0.2) is 24.0 Å². The number of rotatable bonds is 10. The van der Waals surface area contributed by atoms with E-state index in [2.05, 4.69) is 30.7 Å². The molecule has 12 nitrogen and oxygen atoms in total. The summed E-state index contributed by atoms with van der Waals surface area (Å²) in [5.74, 6) is -1.10. The van der Waals surface area contributed by atoms with Crippen molar-refractivity contribution in [2.24, 2.45) is 16.7 Å². The first-order chi connectivity index (χ1) is 19.8. The molecule has 41 heavy (non-hydrogen) atoms. The third-order valence-corrected chi connectivity index (χ3v) is 10.3. The SMILES string of the molecule is CNC(=O)[C@@H](NC(=O)[C@@H]1CN(C(=O)c2cncs2)CC12CN(Cc1ccn[nH]1)C2)[C@@H](C)OCC12CCC(CC1)OC2. The number of hydrogen-bond acceptors (Lipinski definition) is 9. The lowest BCUT2D eigenvalue weighted by molar-refractivity contribution is -0.155. The minimum atomic E-state index is -0.853. The lowest BCUT2D eigenvalue weighted by atomic mass is 9.71. The minimum Gasteiger partial charge on any atom is -0.378 e. The van der Waals surface area contributed by atoms with Gasteiger partial charge in [-0.3, -0.25) is 29.4 Å². The maximum Gasteiger partial charge on any atom is 0.265 e. The quantitative estimate of drug-likeness (QED) is 0.376. The summed E-state index contributed by atoms with van der Waals surface area (Å²) in [4.78, 5) is 48.8. The van der Waals surface area contributed by atoms with Crippen molar-refractivity contribution in [3.63, 3.8) is 0 Å². The molecule has 1 spiro atoms. The average molecular weight is 586 g/mol. The molecule has 222 valence electrons. The number of nitrogens with zero attached hydrogens (tertiary/aromatic N) is 4. The number of fused-ring (bicyclic) bond motifs is 3. The molecular weight excluding hydrogens is 546 g/mol. The van der Waals surface area contributed by atoms with Gasteiger partial charge in [-0.1, -0.05) is 0 Å². The topological polar surface area (TPSA) is 142 Å². The summed E-state index contributed by atoms with van der Waals surface area (Å²) in [7, 11) is 1.56. The van der Waals surface area contributed by atoms with Crippen molar-refractivity contribution < 1.29 is 23.9 Å². The Kier molecular flexibility index (Phi) is 7.88. The number of aromatic amines is 1. The van der Waals surface area contributed by atoms with Crippen LogP contribution in [0.3, 0.4) is 0 Å². The molecule has 13 heteroatoms. The first kappa shape index (κ1) is 28.3. The van der Waals surface area contributed by atoms with E-state index in [0.717, 1.165) is 31.4 Å². The molecule has 1 aliphatic carbocycles. The number of likely N-dealkylation sites (N-methyl/N-ethyl adjacent to an activating group) is 1. The molecule has 5 aliphatic rings. The highest BCUT2D eigenvalue weighted by atomic mass is 32.1. The van der Waals surface area contributed by atoms with Crippen molar-refractivity contribution in [3.8, 4) is 0 Å². The third-order valence-electron chi connectivity index (χ3n) is 9.49. The zero-order valence-corrected chi connectivity index (χ0v) is 24.5. The third kappa shape index (κ3) is 5.64. The Morgan fingerprint density at radius 3 is 2.71 bits per heavy atom.